The van der Waals surface area contributed by atoms with E-state index in [1.165, 1.54) is 16.7 Å². The largest absolute Gasteiger partial charge is 0.332 e. The Bertz CT molecular complexity index is 672. The van der Waals surface area contributed by atoms with E-state index in [9.17, 15) is 0 Å². The van der Waals surface area contributed by atoms with E-state index in [1.54, 1.807) is 0 Å². The summed E-state index contributed by atoms with van der Waals surface area (Å²) in [6.45, 7) is 8.22. The number of nitrogens with one attached hydrogen (secondary N) is 2. The summed E-state index contributed by atoms with van der Waals surface area (Å²) in [5, 5.41) is 7.78. The Morgan fingerprint density at radius 3 is 2.24 bits per heavy atom. The lowest BCUT2D eigenvalue weighted by atomic mass is 10.1. The quantitative estimate of drug-likeness (QED) is 0.727. The highest BCUT2D eigenvalue weighted by molar-refractivity contribution is 7.80. The zero-order valence-corrected chi connectivity index (χ0v) is 14.2. The molecule has 0 bridgehead atoms. The molecular formula is C17H19ClN2S. The second-order valence-corrected chi connectivity index (χ2v) is 6.08. The molecular weight excluding hydrogens is 300 g/mol. The van der Waals surface area contributed by atoms with Gasteiger partial charge in [-0.25, -0.2) is 0 Å². The van der Waals surface area contributed by atoms with Crippen molar-refractivity contribution < 1.29 is 0 Å². The van der Waals surface area contributed by atoms with Crippen LogP contribution >= 0.6 is 23.8 Å². The molecule has 2 nitrogen and oxygen atoms in total. The van der Waals surface area contributed by atoms with Crippen molar-refractivity contribution in [1.82, 2.24) is 0 Å². The van der Waals surface area contributed by atoms with Crippen LogP contribution in [0.15, 0.2) is 30.3 Å². The molecule has 0 aliphatic rings. The van der Waals surface area contributed by atoms with E-state index in [4.69, 9.17) is 23.8 Å². The van der Waals surface area contributed by atoms with Crippen LogP contribution < -0.4 is 10.6 Å². The molecule has 0 spiro atoms. The lowest BCUT2D eigenvalue weighted by Gasteiger charge is -2.17. The van der Waals surface area contributed by atoms with E-state index in [0.29, 0.717) is 5.11 Å². The van der Waals surface area contributed by atoms with E-state index >= 15 is 0 Å². The summed E-state index contributed by atoms with van der Waals surface area (Å²) in [6.07, 6.45) is 0. The Labute approximate surface area is 136 Å². The first kappa shape index (κ1) is 15.8. The van der Waals surface area contributed by atoms with Crippen LogP contribution in [0.5, 0.6) is 0 Å². The lowest BCUT2D eigenvalue weighted by Crippen LogP contribution is -2.21. The van der Waals surface area contributed by atoms with E-state index in [-0.39, 0.29) is 0 Å². The van der Waals surface area contributed by atoms with Crippen molar-refractivity contribution in [2.75, 3.05) is 10.6 Å². The van der Waals surface area contributed by atoms with Crippen LogP contribution in [0.3, 0.4) is 0 Å². The highest BCUT2D eigenvalue weighted by atomic mass is 35.5. The first-order valence-electron chi connectivity index (χ1n) is 6.79. The van der Waals surface area contributed by atoms with Crippen LogP contribution in [0, 0.1) is 27.7 Å². The maximum atomic E-state index is 6.12. The van der Waals surface area contributed by atoms with E-state index in [1.807, 2.05) is 25.1 Å². The summed E-state index contributed by atoms with van der Waals surface area (Å²) in [5.74, 6) is 0. The average molecular weight is 319 g/mol. The monoisotopic (exact) mass is 318 g/mol. The number of rotatable bonds is 2. The van der Waals surface area contributed by atoms with Crippen LogP contribution in [0.2, 0.25) is 5.02 Å². The minimum atomic E-state index is 0.565. The minimum Gasteiger partial charge on any atom is -0.332 e. The van der Waals surface area contributed by atoms with E-state index in [0.717, 1.165) is 22.0 Å². The van der Waals surface area contributed by atoms with Crippen LogP contribution in [0.25, 0.3) is 0 Å². The second kappa shape index (κ2) is 6.46. The van der Waals surface area contributed by atoms with Gasteiger partial charge in [0.05, 0.1) is 0 Å². The molecule has 0 aromatic heterocycles. The highest BCUT2D eigenvalue weighted by Gasteiger charge is 2.08. The molecule has 2 aromatic rings. The Kier molecular flexibility index (Phi) is 4.86. The van der Waals surface area contributed by atoms with Gasteiger partial charge in [-0.05, 0) is 68.7 Å². The van der Waals surface area contributed by atoms with Crippen molar-refractivity contribution in [3.05, 3.63) is 57.6 Å². The van der Waals surface area contributed by atoms with Crippen LogP contribution in [-0.2, 0) is 0 Å². The zero-order chi connectivity index (χ0) is 15.6. The Morgan fingerprint density at radius 1 is 1.00 bits per heavy atom. The van der Waals surface area contributed by atoms with Crippen LogP contribution in [0.4, 0.5) is 11.4 Å². The SMILES string of the molecule is Cc1cc(C)c(NC(=S)Nc2cccc(Cl)c2C)c(C)c1. The minimum absolute atomic E-state index is 0.565. The van der Waals surface area contributed by atoms with Crippen molar-refractivity contribution in [1.29, 1.82) is 0 Å². The molecule has 0 saturated carbocycles. The maximum Gasteiger partial charge on any atom is 0.175 e. The number of hydrogen-bond donors (Lipinski definition) is 2. The number of thiocarbonyl (C=S) groups is 1. The molecule has 0 amide bonds. The molecule has 0 aliphatic heterocycles. The van der Waals surface area contributed by atoms with Gasteiger partial charge < -0.3 is 10.6 Å². The molecule has 0 atom stereocenters. The normalized spacial score (nSPS) is 10.3. The third-order valence-electron chi connectivity index (χ3n) is 3.43. The van der Waals surface area contributed by atoms with Gasteiger partial charge in [0.1, 0.15) is 0 Å². The van der Waals surface area contributed by atoms with Gasteiger partial charge in [0.15, 0.2) is 5.11 Å². The Balaban J connectivity index is 2.18. The fraction of sp³-hybridized carbons (Fsp3) is 0.235. The molecule has 21 heavy (non-hydrogen) atoms. The van der Waals surface area contributed by atoms with Gasteiger partial charge in [-0.2, -0.15) is 0 Å². The smallest absolute Gasteiger partial charge is 0.175 e. The first-order valence-corrected chi connectivity index (χ1v) is 7.58. The topological polar surface area (TPSA) is 24.1 Å². The van der Waals surface area contributed by atoms with Gasteiger partial charge in [0.2, 0.25) is 0 Å². The average Bonchev–Trinajstić information content (AvgIpc) is 2.39. The molecule has 0 saturated heterocycles. The number of aryl methyl sites for hydroxylation is 3. The molecule has 0 unspecified atom stereocenters. The summed E-state index contributed by atoms with van der Waals surface area (Å²) >= 11 is 11.5. The predicted molar refractivity (Wildman–Crippen MR) is 96.7 cm³/mol. The fourth-order valence-corrected chi connectivity index (χ4v) is 2.77. The third kappa shape index (κ3) is 3.74. The van der Waals surface area contributed by atoms with Crippen molar-refractivity contribution >= 4 is 40.3 Å². The maximum absolute atomic E-state index is 6.12. The Hall–Kier alpha value is -1.58. The summed E-state index contributed by atoms with van der Waals surface area (Å²) < 4.78 is 0. The summed E-state index contributed by atoms with van der Waals surface area (Å²) in [6, 6.07) is 10.0. The lowest BCUT2D eigenvalue weighted by molar-refractivity contribution is 1.32. The number of hydrogen-bond acceptors (Lipinski definition) is 1. The van der Waals surface area contributed by atoms with Gasteiger partial charge in [-0.1, -0.05) is 35.4 Å². The summed E-state index contributed by atoms with van der Waals surface area (Å²) in [5.41, 5.74) is 6.57. The molecule has 0 fully saturated rings. The predicted octanol–water partition coefficient (Wildman–Crippen LogP) is 5.38. The molecule has 110 valence electrons. The standard InChI is InChI=1S/C17H19ClN2S/c1-10-8-11(2)16(12(3)9-10)20-17(21)19-15-7-5-6-14(18)13(15)4/h5-9H,1-4H3,(H2,19,20,21). The molecule has 0 radical (unpaired) electrons. The van der Waals surface area contributed by atoms with Gasteiger partial charge in [0, 0.05) is 16.4 Å². The summed E-state index contributed by atoms with van der Waals surface area (Å²) in [7, 11) is 0. The van der Waals surface area contributed by atoms with Gasteiger partial charge >= 0.3 is 0 Å². The number of anilines is 2. The molecule has 2 N–H and O–H groups in total. The van der Waals surface area contributed by atoms with Crippen molar-refractivity contribution in [2.24, 2.45) is 0 Å². The molecule has 0 aliphatic carbocycles. The fourth-order valence-electron chi connectivity index (χ4n) is 2.39. The Morgan fingerprint density at radius 2 is 1.62 bits per heavy atom. The molecule has 4 heteroatoms. The van der Waals surface area contributed by atoms with Crippen LogP contribution in [0.1, 0.15) is 22.3 Å². The number of benzene rings is 2. The third-order valence-corrected chi connectivity index (χ3v) is 4.05. The number of halogens is 1. The highest BCUT2D eigenvalue weighted by Crippen LogP contribution is 2.25. The van der Waals surface area contributed by atoms with Crippen LogP contribution in [-0.4, -0.2) is 5.11 Å². The van der Waals surface area contributed by atoms with Gasteiger partial charge in [-0.3, -0.25) is 0 Å². The summed E-state index contributed by atoms with van der Waals surface area (Å²) in [4.78, 5) is 0. The van der Waals surface area contributed by atoms with Crippen molar-refractivity contribution in [3.8, 4) is 0 Å². The van der Waals surface area contributed by atoms with Gasteiger partial charge in [0.25, 0.3) is 0 Å². The second-order valence-electron chi connectivity index (χ2n) is 5.27. The van der Waals surface area contributed by atoms with Gasteiger partial charge in [-0.15, -0.1) is 0 Å². The van der Waals surface area contributed by atoms with E-state index in [2.05, 4.69) is 43.5 Å². The van der Waals surface area contributed by atoms with Crippen molar-refractivity contribution in [2.45, 2.75) is 27.7 Å². The van der Waals surface area contributed by atoms with Crippen molar-refractivity contribution in [3.63, 3.8) is 0 Å². The molecule has 2 aromatic carbocycles. The van der Waals surface area contributed by atoms with E-state index < -0.39 is 0 Å². The molecule has 0 heterocycles. The first-order chi connectivity index (χ1) is 9.88. The molecule has 2 rings (SSSR count). The zero-order valence-electron chi connectivity index (χ0n) is 12.7.